The third-order valence-corrected chi connectivity index (χ3v) is 3.98. The highest BCUT2D eigenvalue weighted by Crippen LogP contribution is 2.32. The molecule has 0 fully saturated rings. The van der Waals surface area contributed by atoms with Crippen LogP contribution in [0.5, 0.6) is 0 Å². The number of nitrogens with two attached hydrogens (primary N) is 2. The second-order valence-corrected chi connectivity index (χ2v) is 6.42. The highest BCUT2D eigenvalue weighted by atomic mass is 32.1. The van der Waals surface area contributed by atoms with Crippen molar-refractivity contribution in [3.05, 3.63) is 29.1 Å². The van der Waals surface area contributed by atoms with Crippen LogP contribution in [-0.4, -0.2) is 45.3 Å². The summed E-state index contributed by atoms with van der Waals surface area (Å²) in [6, 6.07) is 7.83. The first-order valence-electron chi connectivity index (χ1n) is 7.26. The summed E-state index contributed by atoms with van der Waals surface area (Å²) in [5, 5.41) is 21.8. The molecule has 0 saturated carbocycles. The zero-order valence-electron chi connectivity index (χ0n) is 14.4. The van der Waals surface area contributed by atoms with Crippen LogP contribution in [0.15, 0.2) is 29.3 Å². The Morgan fingerprint density at radius 2 is 1.89 bits per heavy atom. The van der Waals surface area contributed by atoms with Crippen molar-refractivity contribution in [2.75, 3.05) is 12.4 Å². The lowest BCUT2D eigenvalue weighted by molar-refractivity contribution is -0.159. The van der Waals surface area contributed by atoms with E-state index in [4.69, 9.17) is 43.5 Å². The van der Waals surface area contributed by atoms with Crippen molar-refractivity contribution in [1.82, 2.24) is 10.3 Å². The van der Waals surface area contributed by atoms with Crippen molar-refractivity contribution >= 4 is 57.4 Å². The quantitative estimate of drug-likeness (QED) is 0.186. The molecule has 0 amide bonds. The summed E-state index contributed by atoms with van der Waals surface area (Å²) in [5.41, 5.74) is 13.5. The van der Waals surface area contributed by atoms with Crippen molar-refractivity contribution < 1.29 is 19.8 Å². The van der Waals surface area contributed by atoms with E-state index < -0.39 is 11.9 Å². The molecule has 12 heteroatoms. The number of hydrogen-bond donors (Lipinski definition) is 6. The summed E-state index contributed by atoms with van der Waals surface area (Å²) in [7, 11) is 1.77. The number of carboxylic acids is 2. The third kappa shape index (κ3) is 7.25. The molecule has 0 spiro atoms. The van der Waals surface area contributed by atoms with Gasteiger partial charge in [-0.1, -0.05) is 23.5 Å². The SMILES string of the molecule is CNC(=S)Nc1cccc(-c2nc(N=C(N)N)sc2C)c1.O=C(O)C(=O)O. The Morgan fingerprint density at radius 1 is 1.26 bits per heavy atom. The predicted octanol–water partition coefficient (Wildman–Crippen LogP) is 1.10. The number of nitrogens with zero attached hydrogens (tertiary/aromatic N) is 2. The van der Waals surface area contributed by atoms with Crippen LogP contribution in [0.4, 0.5) is 10.8 Å². The molecule has 1 aromatic heterocycles. The monoisotopic (exact) mass is 410 g/mol. The number of benzene rings is 1. The number of aromatic nitrogens is 1. The molecule has 0 atom stereocenters. The topological polar surface area (TPSA) is 176 Å². The minimum absolute atomic E-state index is 0.00471. The number of thiocarbonyl (C=S) groups is 1. The van der Waals surface area contributed by atoms with Crippen molar-refractivity contribution in [3.63, 3.8) is 0 Å². The third-order valence-electron chi connectivity index (χ3n) is 2.81. The second-order valence-electron chi connectivity index (χ2n) is 4.83. The maximum atomic E-state index is 9.10. The molecule has 10 nitrogen and oxygen atoms in total. The smallest absolute Gasteiger partial charge is 0.414 e. The van der Waals surface area contributed by atoms with Crippen LogP contribution < -0.4 is 22.1 Å². The first kappa shape index (κ1) is 21.8. The standard InChI is InChI=1S/C13H16N6S2.C2H2O4/c1-7-10(18-13(21-7)19-11(14)15)8-4-3-5-9(6-8)17-12(20)16-2;3-1(4)2(5)6/h3-6H,1-2H3,(H2,16,17,20)(H4,14,15,18,19);(H,3,4)(H,5,6). The fourth-order valence-corrected chi connectivity index (χ4v) is 2.69. The van der Waals surface area contributed by atoms with Crippen LogP contribution in [-0.2, 0) is 9.59 Å². The van der Waals surface area contributed by atoms with Gasteiger partial charge in [-0.2, -0.15) is 4.99 Å². The Kier molecular flexibility index (Phi) is 8.10. The lowest BCUT2D eigenvalue weighted by Crippen LogP contribution is -2.24. The van der Waals surface area contributed by atoms with Crippen LogP contribution in [0.1, 0.15) is 4.88 Å². The molecule has 1 heterocycles. The van der Waals surface area contributed by atoms with Crippen LogP contribution >= 0.6 is 23.6 Å². The van der Waals surface area contributed by atoms with Gasteiger partial charge in [-0.15, -0.1) is 0 Å². The molecule has 2 rings (SSSR count). The molecule has 27 heavy (non-hydrogen) atoms. The van der Waals surface area contributed by atoms with Crippen LogP contribution in [0.2, 0.25) is 0 Å². The zero-order chi connectivity index (χ0) is 20.6. The Labute approximate surface area is 163 Å². The molecule has 144 valence electrons. The Bertz CT molecular complexity index is 865. The molecular formula is C15H18N6O4S2. The molecular weight excluding hydrogens is 392 g/mol. The van der Waals surface area contributed by atoms with Crippen LogP contribution in [0.3, 0.4) is 0 Å². The molecule has 8 N–H and O–H groups in total. The van der Waals surface area contributed by atoms with Gasteiger partial charge in [0, 0.05) is 23.2 Å². The number of carboxylic acid groups (broad SMARTS) is 2. The molecule has 0 aliphatic rings. The van der Waals surface area contributed by atoms with Gasteiger partial charge < -0.3 is 32.3 Å². The number of thiazole rings is 1. The summed E-state index contributed by atoms with van der Waals surface area (Å²) in [4.78, 5) is 27.7. The van der Waals surface area contributed by atoms with Crippen molar-refractivity contribution in [3.8, 4) is 11.3 Å². The van der Waals surface area contributed by atoms with E-state index in [1.54, 1.807) is 7.05 Å². The van der Waals surface area contributed by atoms with Gasteiger partial charge in [0.05, 0.1) is 5.69 Å². The van der Waals surface area contributed by atoms with Gasteiger partial charge in [0.15, 0.2) is 11.1 Å². The molecule has 1 aromatic carbocycles. The van der Waals surface area contributed by atoms with Crippen molar-refractivity contribution in [2.45, 2.75) is 6.92 Å². The van der Waals surface area contributed by atoms with E-state index in [9.17, 15) is 0 Å². The average molecular weight is 410 g/mol. The number of aliphatic carboxylic acids is 2. The number of rotatable bonds is 3. The minimum Gasteiger partial charge on any atom is -0.473 e. The summed E-state index contributed by atoms with van der Waals surface area (Å²) in [6.07, 6.45) is 0. The number of anilines is 1. The largest absolute Gasteiger partial charge is 0.473 e. The van der Waals surface area contributed by atoms with E-state index in [0.29, 0.717) is 10.2 Å². The van der Waals surface area contributed by atoms with Gasteiger partial charge in [-0.25, -0.2) is 14.6 Å². The van der Waals surface area contributed by atoms with Gasteiger partial charge in [-0.05, 0) is 31.3 Å². The molecule has 0 unspecified atom stereocenters. The number of aliphatic imine (C=N–C) groups is 1. The van der Waals surface area contributed by atoms with Crippen LogP contribution in [0, 0.1) is 6.92 Å². The number of aryl methyl sites for hydroxylation is 1. The average Bonchev–Trinajstić information content (AvgIpc) is 2.95. The highest BCUT2D eigenvalue weighted by molar-refractivity contribution is 7.80. The van der Waals surface area contributed by atoms with Gasteiger partial charge in [-0.3, -0.25) is 0 Å². The lowest BCUT2D eigenvalue weighted by atomic mass is 10.1. The Hall–Kier alpha value is -3.25. The van der Waals surface area contributed by atoms with Crippen molar-refractivity contribution in [1.29, 1.82) is 0 Å². The fraction of sp³-hybridized carbons (Fsp3) is 0.133. The van der Waals surface area contributed by atoms with Gasteiger partial charge >= 0.3 is 11.9 Å². The van der Waals surface area contributed by atoms with Crippen molar-refractivity contribution in [2.24, 2.45) is 16.5 Å². The van der Waals surface area contributed by atoms with E-state index in [-0.39, 0.29) is 5.96 Å². The zero-order valence-corrected chi connectivity index (χ0v) is 16.0. The van der Waals surface area contributed by atoms with E-state index in [1.165, 1.54) is 11.3 Å². The summed E-state index contributed by atoms with van der Waals surface area (Å²) >= 11 is 6.54. The summed E-state index contributed by atoms with van der Waals surface area (Å²) in [5.74, 6) is -3.64. The lowest BCUT2D eigenvalue weighted by Gasteiger charge is -2.08. The predicted molar refractivity (Wildman–Crippen MR) is 108 cm³/mol. The van der Waals surface area contributed by atoms with E-state index in [2.05, 4.69) is 20.6 Å². The van der Waals surface area contributed by atoms with E-state index in [0.717, 1.165) is 21.8 Å². The normalized spacial score (nSPS) is 9.41. The maximum absolute atomic E-state index is 9.10. The molecule has 2 aromatic rings. The maximum Gasteiger partial charge on any atom is 0.414 e. The minimum atomic E-state index is -1.82. The Morgan fingerprint density at radius 3 is 2.41 bits per heavy atom. The summed E-state index contributed by atoms with van der Waals surface area (Å²) < 4.78 is 0. The van der Waals surface area contributed by atoms with Gasteiger partial charge in [0.2, 0.25) is 5.13 Å². The van der Waals surface area contributed by atoms with E-state index in [1.807, 2.05) is 31.2 Å². The first-order chi connectivity index (χ1) is 12.6. The summed E-state index contributed by atoms with van der Waals surface area (Å²) in [6.45, 7) is 1.98. The fourth-order valence-electron chi connectivity index (χ4n) is 1.75. The first-order valence-corrected chi connectivity index (χ1v) is 8.49. The highest BCUT2D eigenvalue weighted by Gasteiger charge is 2.10. The van der Waals surface area contributed by atoms with Gasteiger partial charge in [0.1, 0.15) is 0 Å². The Balaban J connectivity index is 0.000000527. The molecule has 0 aliphatic heterocycles. The molecule has 0 bridgehead atoms. The molecule has 0 radical (unpaired) electrons. The molecule has 0 saturated heterocycles. The number of nitrogens with one attached hydrogen (secondary N) is 2. The van der Waals surface area contributed by atoms with Crippen LogP contribution in [0.25, 0.3) is 11.3 Å². The van der Waals surface area contributed by atoms with Gasteiger partial charge in [0.25, 0.3) is 0 Å². The number of hydrogen-bond acceptors (Lipinski definition) is 6. The number of carbonyl (C=O) groups is 2. The molecule has 0 aliphatic carbocycles. The second kappa shape index (κ2) is 10.0. The number of guanidine groups is 1. The van der Waals surface area contributed by atoms with E-state index >= 15 is 0 Å².